The number of furan rings is 1. The molecule has 2 amide bonds. The van der Waals surface area contributed by atoms with Gasteiger partial charge in [0, 0.05) is 32.8 Å². The summed E-state index contributed by atoms with van der Waals surface area (Å²) in [5, 5.41) is 0. The SMILES string of the molecule is COCCN1C(=O)[C@H]2CC[C@@H]1CN(C(=O)C(=O)c1ccco1)C2. The van der Waals surface area contributed by atoms with Crippen molar-refractivity contribution in [1.82, 2.24) is 9.80 Å². The van der Waals surface area contributed by atoms with E-state index in [1.807, 2.05) is 0 Å². The normalized spacial score (nSPS) is 24.0. The molecule has 0 unspecified atom stereocenters. The fourth-order valence-corrected chi connectivity index (χ4v) is 3.35. The van der Waals surface area contributed by atoms with Gasteiger partial charge in [0.1, 0.15) is 0 Å². The number of rotatable bonds is 5. The molecule has 2 bridgehead atoms. The van der Waals surface area contributed by atoms with Gasteiger partial charge in [-0.2, -0.15) is 0 Å². The summed E-state index contributed by atoms with van der Waals surface area (Å²) in [5.74, 6) is -1.41. The Labute approximate surface area is 134 Å². The number of ether oxygens (including phenoxy) is 1. The molecule has 0 aliphatic carbocycles. The number of carbonyl (C=O) groups excluding carboxylic acids is 3. The number of hydrogen-bond acceptors (Lipinski definition) is 5. The number of methoxy groups -OCH3 is 1. The molecule has 124 valence electrons. The average Bonchev–Trinajstić information content (AvgIpc) is 2.96. The molecule has 7 heteroatoms. The highest BCUT2D eigenvalue weighted by Crippen LogP contribution is 2.29. The molecule has 23 heavy (non-hydrogen) atoms. The first kappa shape index (κ1) is 15.7. The zero-order valence-electron chi connectivity index (χ0n) is 13.1. The lowest BCUT2D eigenvalue weighted by atomic mass is 9.94. The molecule has 3 aliphatic rings. The van der Waals surface area contributed by atoms with Crippen molar-refractivity contribution in [1.29, 1.82) is 0 Å². The van der Waals surface area contributed by atoms with E-state index < -0.39 is 11.7 Å². The van der Waals surface area contributed by atoms with Gasteiger partial charge in [0.2, 0.25) is 5.91 Å². The summed E-state index contributed by atoms with van der Waals surface area (Å²) in [4.78, 5) is 40.4. The quantitative estimate of drug-likeness (QED) is 0.585. The summed E-state index contributed by atoms with van der Waals surface area (Å²) in [6.45, 7) is 1.67. The Hall–Kier alpha value is -2.15. The van der Waals surface area contributed by atoms with Crippen molar-refractivity contribution in [3.63, 3.8) is 0 Å². The van der Waals surface area contributed by atoms with E-state index in [-0.39, 0.29) is 23.6 Å². The Morgan fingerprint density at radius 3 is 2.87 bits per heavy atom. The molecule has 0 spiro atoms. The Kier molecular flexibility index (Phi) is 4.47. The van der Waals surface area contributed by atoms with Crippen LogP contribution in [0.4, 0.5) is 0 Å². The Morgan fingerprint density at radius 2 is 2.17 bits per heavy atom. The predicted octanol–water partition coefficient (Wildman–Crippen LogP) is 0.558. The third-order valence-corrected chi connectivity index (χ3v) is 4.56. The zero-order valence-corrected chi connectivity index (χ0v) is 13.1. The highest BCUT2D eigenvalue weighted by molar-refractivity contribution is 6.42. The Morgan fingerprint density at radius 1 is 1.35 bits per heavy atom. The number of fused-ring (bicyclic) bond motifs is 4. The van der Waals surface area contributed by atoms with E-state index in [0.29, 0.717) is 26.2 Å². The molecule has 0 saturated carbocycles. The van der Waals surface area contributed by atoms with Gasteiger partial charge in [-0.1, -0.05) is 0 Å². The minimum absolute atomic E-state index is 0.0363. The smallest absolute Gasteiger partial charge is 0.298 e. The number of nitrogens with zero attached hydrogens (tertiary/aromatic N) is 2. The zero-order chi connectivity index (χ0) is 16.4. The molecule has 3 saturated heterocycles. The standard InChI is InChI=1S/C16H20N2O5/c1-22-8-6-18-12-5-4-11(15(18)20)9-17(10-12)16(21)14(19)13-3-2-7-23-13/h2-3,7,11-12H,4-6,8-10H2,1H3/t11-,12+/m0/s1. The summed E-state index contributed by atoms with van der Waals surface area (Å²) in [6.07, 6.45) is 2.97. The van der Waals surface area contributed by atoms with Crippen molar-refractivity contribution < 1.29 is 23.5 Å². The summed E-state index contributed by atoms with van der Waals surface area (Å²) in [5.41, 5.74) is 0. The number of amides is 2. The Bertz CT molecular complexity index is 598. The maximum atomic E-state index is 12.5. The number of hydrogen-bond donors (Lipinski definition) is 0. The van der Waals surface area contributed by atoms with Crippen LogP contribution in [-0.2, 0) is 14.3 Å². The van der Waals surface area contributed by atoms with E-state index in [1.54, 1.807) is 18.1 Å². The maximum Gasteiger partial charge on any atom is 0.298 e. The molecule has 1 aromatic rings. The first-order chi connectivity index (χ1) is 11.1. The minimum atomic E-state index is -0.660. The van der Waals surface area contributed by atoms with Crippen LogP contribution in [0.3, 0.4) is 0 Å². The van der Waals surface area contributed by atoms with Gasteiger partial charge in [-0.15, -0.1) is 0 Å². The Balaban J connectivity index is 1.75. The highest BCUT2D eigenvalue weighted by atomic mass is 16.5. The number of ketones is 1. The molecule has 7 nitrogen and oxygen atoms in total. The second-order valence-corrected chi connectivity index (χ2v) is 5.97. The van der Waals surface area contributed by atoms with Crippen LogP contribution in [0.15, 0.2) is 22.8 Å². The molecule has 0 N–H and O–H groups in total. The van der Waals surface area contributed by atoms with Crippen LogP contribution in [0.2, 0.25) is 0 Å². The van der Waals surface area contributed by atoms with Crippen LogP contribution in [0.25, 0.3) is 0 Å². The molecular weight excluding hydrogens is 300 g/mol. The van der Waals surface area contributed by atoms with Gasteiger partial charge in [-0.25, -0.2) is 0 Å². The molecule has 4 heterocycles. The lowest BCUT2D eigenvalue weighted by Gasteiger charge is -2.35. The third kappa shape index (κ3) is 3.01. The van der Waals surface area contributed by atoms with Crippen molar-refractivity contribution in [2.75, 3.05) is 33.4 Å². The second-order valence-electron chi connectivity index (χ2n) is 5.97. The highest BCUT2D eigenvalue weighted by Gasteiger charge is 2.42. The van der Waals surface area contributed by atoms with Crippen molar-refractivity contribution >= 4 is 17.6 Å². The van der Waals surface area contributed by atoms with Crippen LogP contribution in [-0.4, -0.2) is 66.8 Å². The summed E-state index contributed by atoms with van der Waals surface area (Å²) in [6, 6.07) is 3.00. The van der Waals surface area contributed by atoms with E-state index in [2.05, 4.69) is 0 Å². The van der Waals surface area contributed by atoms with Gasteiger partial charge in [0.05, 0.1) is 18.8 Å². The van der Waals surface area contributed by atoms with Crippen molar-refractivity contribution in [3.8, 4) is 0 Å². The lowest BCUT2D eigenvalue weighted by molar-refractivity contribution is -0.140. The van der Waals surface area contributed by atoms with Crippen LogP contribution >= 0.6 is 0 Å². The van der Waals surface area contributed by atoms with Crippen molar-refractivity contribution in [2.45, 2.75) is 18.9 Å². The van der Waals surface area contributed by atoms with Gasteiger partial charge in [-0.05, 0) is 25.0 Å². The fourth-order valence-electron chi connectivity index (χ4n) is 3.35. The van der Waals surface area contributed by atoms with E-state index in [9.17, 15) is 14.4 Å². The largest absolute Gasteiger partial charge is 0.461 e. The van der Waals surface area contributed by atoms with Crippen LogP contribution in [0.5, 0.6) is 0 Å². The van der Waals surface area contributed by atoms with Crippen molar-refractivity contribution in [2.24, 2.45) is 5.92 Å². The van der Waals surface area contributed by atoms with Gasteiger partial charge in [0.25, 0.3) is 11.7 Å². The molecule has 0 aromatic carbocycles. The van der Waals surface area contributed by atoms with E-state index in [4.69, 9.17) is 9.15 Å². The first-order valence-electron chi connectivity index (χ1n) is 7.78. The number of Topliss-reactive ketones (excluding diaryl/α,β-unsaturated/α-hetero) is 1. The molecule has 1 aromatic heterocycles. The summed E-state index contributed by atoms with van der Waals surface area (Å²) >= 11 is 0. The van der Waals surface area contributed by atoms with Gasteiger partial charge in [0.15, 0.2) is 5.76 Å². The molecule has 3 aliphatic heterocycles. The van der Waals surface area contributed by atoms with E-state index in [1.165, 1.54) is 17.2 Å². The predicted molar refractivity (Wildman–Crippen MR) is 79.7 cm³/mol. The molecule has 0 radical (unpaired) electrons. The lowest BCUT2D eigenvalue weighted by Crippen LogP contribution is -2.49. The van der Waals surface area contributed by atoms with Gasteiger partial charge >= 0.3 is 0 Å². The molecular formula is C16H20N2O5. The summed E-state index contributed by atoms with van der Waals surface area (Å²) < 4.78 is 10.1. The molecule has 4 rings (SSSR count). The third-order valence-electron chi connectivity index (χ3n) is 4.56. The molecule has 2 atom stereocenters. The van der Waals surface area contributed by atoms with E-state index in [0.717, 1.165) is 12.8 Å². The number of carbonyl (C=O) groups is 3. The second kappa shape index (κ2) is 6.54. The van der Waals surface area contributed by atoms with Crippen LogP contribution < -0.4 is 0 Å². The maximum absolute atomic E-state index is 12.5. The van der Waals surface area contributed by atoms with Crippen LogP contribution in [0, 0.1) is 5.92 Å². The fraction of sp³-hybridized carbons (Fsp3) is 0.562. The van der Waals surface area contributed by atoms with Gasteiger partial charge in [-0.3, -0.25) is 14.4 Å². The average molecular weight is 320 g/mol. The topological polar surface area (TPSA) is 80.1 Å². The number of piperidine rings is 1. The summed E-state index contributed by atoms with van der Waals surface area (Å²) in [7, 11) is 1.60. The molecule has 3 fully saturated rings. The monoisotopic (exact) mass is 320 g/mol. The van der Waals surface area contributed by atoms with E-state index >= 15 is 0 Å². The van der Waals surface area contributed by atoms with Crippen LogP contribution in [0.1, 0.15) is 23.4 Å². The first-order valence-corrected chi connectivity index (χ1v) is 7.78. The van der Waals surface area contributed by atoms with Crippen molar-refractivity contribution in [3.05, 3.63) is 24.2 Å². The minimum Gasteiger partial charge on any atom is -0.461 e. The van der Waals surface area contributed by atoms with Gasteiger partial charge < -0.3 is 19.0 Å².